The Morgan fingerprint density at radius 1 is 1.45 bits per heavy atom. The Balaban J connectivity index is 2.03. The van der Waals surface area contributed by atoms with E-state index in [0.29, 0.717) is 12.2 Å². The first-order valence-corrected chi connectivity index (χ1v) is 9.34. The van der Waals surface area contributed by atoms with Gasteiger partial charge in [0.2, 0.25) is 0 Å². The number of aliphatic imine (C=N–C) groups is 1. The molecule has 0 spiro atoms. The molecule has 0 aliphatic carbocycles. The molecule has 0 fully saturated rings. The summed E-state index contributed by atoms with van der Waals surface area (Å²) in [5.74, 6) is -0.667. The molecule has 8 heteroatoms. The minimum Gasteiger partial charge on any atom is -0.466 e. The summed E-state index contributed by atoms with van der Waals surface area (Å²) in [4.78, 5) is 35.4. The van der Waals surface area contributed by atoms with Gasteiger partial charge < -0.3 is 9.15 Å². The Kier molecular flexibility index (Phi) is 5.50. The van der Waals surface area contributed by atoms with E-state index in [4.69, 9.17) is 9.15 Å². The van der Waals surface area contributed by atoms with E-state index >= 15 is 0 Å². The third-order valence-corrected chi connectivity index (χ3v) is 5.12. The summed E-state index contributed by atoms with van der Waals surface area (Å²) >= 11 is 0. The number of hydrogen-bond acceptors (Lipinski definition) is 7. The van der Waals surface area contributed by atoms with Gasteiger partial charge in [0.25, 0.3) is 5.91 Å². The maximum Gasteiger partial charge on any atom is 0.340 e. The number of aromatic nitrogens is 1. The molecule has 8 nitrogen and oxygen atoms in total. The summed E-state index contributed by atoms with van der Waals surface area (Å²) in [5, 5.41) is 9.56. The standard InChI is InChI=1S/C21H22N4O4/c1-5-14-9-16(19(26)29-11-15-7-6-8-28-15)17(23-10-14)18-24-21(4,13(2)3)20(27)25(18)12-22/h6-10,13H,5,11H2,1-4H3. The molecule has 3 rings (SSSR count). The van der Waals surface area contributed by atoms with E-state index in [9.17, 15) is 14.9 Å². The van der Waals surface area contributed by atoms with E-state index in [-0.39, 0.29) is 29.6 Å². The summed E-state index contributed by atoms with van der Waals surface area (Å²) in [7, 11) is 0. The number of esters is 1. The summed E-state index contributed by atoms with van der Waals surface area (Å²) in [6, 6.07) is 5.05. The van der Waals surface area contributed by atoms with Crippen LogP contribution in [-0.4, -0.2) is 33.1 Å². The molecule has 1 aliphatic heterocycles. The zero-order valence-electron chi connectivity index (χ0n) is 16.8. The van der Waals surface area contributed by atoms with Gasteiger partial charge in [0.1, 0.15) is 23.6 Å². The molecule has 2 aromatic rings. The van der Waals surface area contributed by atoms with Crippen molar-refractivity contribution in [2.45, 2.75) is 46.3 Å². The van der Waals surface area contributed by atoms with Crippen molar-refractivity contribution in [1.29, 1.82) is 5.26 Å². The highest BCUT2D eigenvalue weighted by molar-refractivity contribution is 6.18. The number of hydrogen-bond donors (Lipinski definition) is 0. The lowest BCUT2D eigenvalue weighted by molar-refractivity contribution is -0.129. The maximum atomic E-state index is 12.8. The van der Waals surface area contributed by atoms with Crippen molar-refractivity contribution in [2.24, 2.45) is 10.9 Å². The first-order valence-electron chi connectivity index (χ1n) is 9.34. The smallest absolute Gasteiger partial charge is 0.340 e. The molecule has 1 atom stereocenters. The van der Waals surface area contributed by atoms with Crippen LogP contribution in [0, 0.1) is 17.4 Å². The molecular formula is C21H22N4O4. The van der Waals surface area contributed by atoms with Crippen LogP contribution in [0.3, 0.4) is 0 Å². The Bertz CT molecular complexity index is 1000. The minimum absolute atomic E-state index is 0.0430. The third kappa shape index (κ3) is 3.63. The molecule has 150 valence electrons. The number of pyridine rings is 1. The van der Waals surface area contributed by atoms with Crippen LogP contribution in [0.2, 0.25) is 0 Å². The van der Waals surface area contributed by atoms with Crippen LogP contribution in [0.1, 0.15) is 55.1 Å². The van der Waals surface area contributed by atoms with Gasteiger partial charge in [0.05, 0.1) is 11.8 Å². The Morgan fingerprint density at radius 2 is 2.21 bits per heavy atom. The highest BCUT2D eigenvalue weighted by Gasteiger charge is 2.48. The zero-order chi connectivity index (χ0) is 21.2. The second-order valence-corrected chi connectivity index (χ2v) is 7.23. The molecule has 2 aromatic heterocycles. The first kappa shape index (κ1) is 20.3. The summed E-state index contributed by atoms with van der Waals surface area (Å²) in [6.07, 6.45) is 5.62. The monoisotopic (exact) mass is 394 g/mol. The van der Waals surface area contributed by atoms with Crippen molar-refractivity contribution in [2.75, 3.05) is 0 Å². The largest absolute Gasteiger partial charge is 0.466 e. The van der Waals surface area contributed by atoms with Gasteiger partial charge in [-0.25, -0.2) is 9.79 Å². The number of nitrogens with zero attached hydrogens (tertiary/aromatic N) is 4. The lowest BCUT2D eigenvalue weighted by Crippen LogP contribution is -2.42. The van der Waals surface area contributed by atoms with Crippen LogP contribution >= 0.6 is 0 Å². The van der Waals surface area contributed by atoms with Crippen LogP contribution in [0.5, 0.6) is 0 Å². The third-order valence-electron chi connectivity index (χ3n) is 5.12. The minimum atomic E-state index is -1.11. The first-order chi connectivity index (χ1) is 13.8. The van der Waals surface area contributed by atoms with E-state index in [1.165, 1.54) is 6.26 Å². The second-order valence-electron chi connectivity index (χ2n) is 7.23. The van der Waals surface area contributed by atoms with Crippen LogP contribution in [0.4, 0.5) is 0 Å². The van der Waals surface area contributed by atoms with Crippen LogP contribution in [0.25, 0.3) is 0 Å². The summed E-state index contributed by atoms with van der Waals surface area (Å²) < 4.78 is 10.5. The van der Waals surface area contributed by atoms with Gasteiger partial charge in [-0.2, -0.15) is 10.2 Å². The fraction of sp³-hybridized carbons (Fsp3) is 0.381. The number of aryl methyl sites for hydroxylation is 1. The number of amidine groups is 1. The molecule has 1 aliphatic rings. The zero-order valence-corrected chi connectivity index (χ0v) is 16.8. The summed E-state index contributed by atoms with van der Waals surface area (Å²) in [5.41, 5.74) is 0.00583. The Morgan fingerprint density at radius 3 is 2.79 bits per heavy atom. The molecule has 0 saturated carbocycles. The van der Waals surface area contributed by atoms with Gasteiger partial charge >= 0.3 is 5.97 Å². The molecule has 0 bridgehead atoms. The molecule has 29 heavy (non-hydrogen) atoms. The van der Waals surface area contributed by atoms with Gasteiger partial charge in [0, 0.05) is 6.20 Å². The maximum absolute atomic E-state index is 12.8. The molecule has 1 unspecified atom stereocenters. The number of nitriles is 1. The SMILES string of the molecule is CCc1cnc(C2=NC(C)(C(C)C)C(=O)N2C#N)c(C(=O)OCc2ccco2)c1. The predicted octanol–water partition coefficient (Wildman–Crippen LogP) is 3.08. The van der Waals surface area contributed by atoms with Crippen molar-refractivity contribution in [3.05, 3.63) is 53.2 Å². The predicted molar refractivity (Wildman–Crippen MR) is 104 cm³/mol. The fourth-order valence-electron chi connectivity index (χ4n) is 2.91. The molecule has 0 saturated heterocycles. The van der Waals surface area contributed by atoms with Crippen LogP contribution in [-0.2, 0) is 22.6 Å². The van der Waals surface area contributed by atoms with E-state index in [1.807, 2.05) is 27.0 Å². The molecule has 1 amide bonds. The second kappa shape index (κ2) is 7.87. The Labute approximate surface area is 168 Å². The highest BCUT2D eigenvalue weighted by Crippen LogP contribution is 2.32. The highest BCUT2D eigenvalue weighted by atomic mass is 16.5. The number of furan rings is 1. The van der Waals surface area contributed by atoms with Crippen molar-refractivity contribution in [3.8, 4) is 6.19 Å². The lowest BCUT2D eigenvalue weighted by atomic mass is 9.89. The molecule has 0 aromatic carbocycles. The van der Waals surface area contributed by atoms with E-state index < -0.39 is 17.4 Å². The van der Waals surface area contributed by atoms with Crippen molar-refractivity contribution in [1.82, 2.24) is 9.88 Å². The van der Waals surface area contributed by atoms with Gasteiger partial charge in [-0.05, 0) is 43.0 Å². The summed E-state index contributed by atoms with van der Waals surface area (Å²) in [6.45, 7) is 7.27. The van der Waals surface area contributed by atoms with Crippen molar-refractivity contribution in [3.63, 3.8) is 0 Å². The van der Waals surface area contributed by atoms with Gasteiger partial charge in [-0.1, -0.05) is 20.8 Å². The number of ether oxygens (including phenoxy) is 1. The molecular weight excluding hydrogens is 372 g/mol. The topological polar surface area (TPSA) is 109 Å². The van der Waals surface area contributed by atoms with E-state index in [1.54, 1.807) is 31.3 Å². The van der Waals surface area contributed by atoms with Gasteiger partial charge in [-0.15, -0.1) is 0 Å². The van der Waals surface area contributed by atoms with E-state index in [0.717, 1.165) is 10.5 Å². The van der Waals surface area contributed by atoms with Gasteiger partial charge in [-0.3, -0.25) is 9.78 Å². The fourth-order valence-corrected chi connectivity index (χ4v) is 2.91. The van der Waals surface area contributed by atoms with Crippen molar-refractivity contribution >= 4 is 17.7 Å². The van der Waals surface area contributed by atoms with Gasteiger partial charge in [0.15, 0.2) is 12.0 Å². The molecule has 0 radical (unpaired) electrons. The van der Waals surface area contributed by atoms with Crippen LogP contribution < -0.4 is 0 Å². The number of amides is 1. The molecule has 3 heterocycles. The average molecular weight is 394 g/mol. The van der Waals surface area contributed by atoms with E-state index in [2.05, 4.69) is 9.98 Å². The van der Waals surface area contributed by atoms with Crippen LogP contribution in [0.15, 0.2) is 40.1 Å². The average Bonchev–Trinajstić information content (AvgIpc) is 3.32. The van der Waals surface area contributed by atoms with Crippen molar-refractivity contribution < 1.29 is 18.7 Å². The normalized spacial score (nSPS) is 18.7. The molecule has 0 N–H and O–H groups in total. The number of rotatable bonds is 6. The lowest BCUT2D eigenvalue weighted by Gasteiger charge is -2.22. The quantitative estimate of drug-likeness (QED) is 0.550. The Hall–Kier alpha value is -3.47. The number of carbonyl (C=O) groups excluding carboxylic acids is 2. The number of carbonyl (C=O) groups is 2.